The molecule has 2 amide bonds. The van der Waals surface area contributed by atoms with E-state index < -0.39 is 11.8 Å². The molecular weight excluding hydrogens is 317 g/mol. The normalized spacial score (nSPS) is 10.6. The van der Waals surface area contributed by atoms with E-state index in [2.05, 4.69) is 15.8 Å². The zero-order valence-corrected chi connectivity index (χ0v) is 12.0. The number of hydrogen-bond acceptors (Lipinski definition) is 4. The number of furan rings is 1. The summed E-state index contributed by atoms with van der Waals surface area (Å²) in [5.41, 5.74) is 2.29. The highest BCUT2D eigenvalue weighted by atomic mass is 35.5. The molecule has 0 aliphatic rings. The molecule has 0 bridgehead atoms. The second-order valence-electron chi connectivity index (χ2n) is 3.79. The number of halogens is 2. The summed E-state index contributed by atoms with van der Waals surface area (Å²) in [4.78, 5) is 23.2. The molecule has 1 heterocycles. The molecular formula is C13H9Cl2N3O3. The molecule has 0 fully saturated rings. The Balaban J connectivity index is 1.93. The Morgan fingerprint density at radius 3 is 2.71 bits per heavy atom. The molecule has 0 spiro atoms. The van der Waals surface area contributed by atoms with Gasteiger partial charge in [-0.2, -0.15) is 5.10 Å². The van der Waals surface area contributed by atoms with E-state index in [1.54, 1.807) is 18.2 Å². The van der Waals surface area contributed by atoms with Gasteiger partial charge in [-0.05, 0) is 30.3 Å². The summed E-state index contributed by atoms with van der Waals surface area (Å²) in [6.07, 6.45) is 2.72. The maximum absolute atomic E-state index is 11.6. The van der Waals surface area contributed by atoms with E-state index in [1.165, 1.54) is 24.6 Å². The molecule has 1 aromatic heterocycles. The summed E-state index contributed by atoms with van der Waals surface area (Å²) in [7, 11) is 0. The van der Waals surface area contributed by atoms with Crippen LogP contribution in [0.2, 0.25) is 10.0 Å². The molecule has 6 nitrogen and oxygen atoms in total. The van der Waals surface area contributed by atoms with Crippen LogP contribution in [-0.2, 0) is 9.59 Å². The van der Waals surface area contributed by atoms with Gasteiger partial charge >= 0.3 is 11.8 Å². The van der Waals surface area contributed by atoms with Crippen molar-refractivity contribution in [1.82, 2.24) is 5.43 Å². The van der Waals surface area contributed by atoms with Gasteiger partial charge in [-0.1, -0.05) is 23.2 Å². The number of hydrazone groups is 1. The average molecular weight is 326 g/mol. The van der Waals surface area contributed by atoms with E-state index in [0.29, 0.717) is 10.8 Å². The molecule has 1 aromatic carbocycles. The second kappa shape index (κ2) is 6.92. The van der Waals surface area contributed by atoms with Crippen LogP contribution in [0.25, 0.3) is 0 Å². The van der Waals surface area contributed by atoms with Gasteiger partial charge in [0.15, 0.2) is 0 Å². The second-order valence-corrected chi connectivity index (χ2v) is 4.64. The third kappa shape index (κ3) is 4.34. The number of benzene rings is 1. The molecule has 0 saturated heterocycles. The zero-order valence-electron chi connectivity index (χ0n) is 10.5. The first-order valence-corrected chi connectivity index (χ1v) is 6.45. The Hall–Kier alpha value is -2.31. The minimum Gasteiger partial charge on any atom is -0.463 e. The van der Waals surface area contributed by atoms with Gasteiger partial charge in [0.05, 0.1) is 23.2 Å². The Labute approximate surface area is 129 Å². The number of anilines is 1. The summed E-state index contributed by atoms with van der Waals surface area (Å²) >= 11 is 11.6. The van der Waals surface area contributed by atoms with Crippen LogP contribution in [0.3, 0.4) is 0 Å². The Kier molecular flexibility index (Phi) is 4.97. The molecule has 2 aromatic rings. The maximum Gasteiger partial charge on any atom is 0.329 e. The predicted octanol–water partition coefficient (Wildman–Crippen LogP) is 2.68. The summed E-state index contributed by atoms with van der Waals surface area (Å²) < 4.78 is 4.97. The van der Waals surface area contributed by atoms with Gasteiger partial charge in [-0.3, -0.25) is 9.59 Å². The van der Waals surface area contributed by atoms with Gasteiger partial charge in [0.2, 0.25) is 0 Å². The summed E-state index contributed by atoms with van der Waals surface area (Å²) in [6, 6.07) is 7.80. The van der Waals surface area contributed by atoms with Crippen LogP contribution in [0.5, 0.6) is 0 Å². The van der Waals surface area contributed by atoms with Gasteiger partial charge in [-0.15, -0.1) is 0 Å². The number of carbonyl (C=O) groups is 2. The quantitative estimate of drug-likeness (QED) is 0.517. The molecule has 0 atom stereocenters. The van der Waals surface area contributed by atoms with Crippen molar-refractivity contribution in [3.8, 4) is 0 Å². The molecule has 0 saturated carbocycles. The molecule has 0 radical (unpaired) electrons. The zero-order chi connectivity index (χ0) is 15.2. The van der Waals surface area contributed by atoms with E-state index in [1.807, 2.05) is 0 Å². The predicted molar refractivity (Wildman–Crippen MR) is 79.5 cm³/mol. The Bertz CT molecular complexity index is 684. The highest BCUT2D eigenvalue weighted by Gasteiger charge is 2.14. The lowest BCUT2D eigenvalue weighted by Gasteiger charge is -2.06. The van der Waals surface area contributed by atoms with E-state index in [4.69, 9.17) is 27.6 Å². The summed E-state index contributed by atoms with van der Waals surface area (Å²) in [5.74, 6) is -1.43. The fourth-order valence-corrected chi connectivity index (χ4v) is 1.68. The molecule has 108 valence electrons. The van der Waals surface area contributed by atoms with Crippen LogP contribution < -0.4 is 10.7 Å². The fourth-order valence-electron chi connectivity index (χ4n) is 1.34. The average Bonchev–Trinajstić information content (AvgIpc) is 2.96. The lowest BCUT2D eigenvalue weighted by atomic mass is 10.3. The van der Waals surface area contributed by atoms with Crippen LogP contribution >= 0.6 is 23.2 Å². The highest BCUT2D eigenvalue weighted by molar-refractivity contribution is 6.42. The molecule has 2 N–H and O–H groups in total. The van der Waals surface area contributed by atoms with Crippen LogP contribution in [0.4, 0.5) is 5.69 Å². The molecule has 0 unspecified atom stereocenters. The van der Waals surface area contributed by atoms with Crippen molar-refractivity contribution in [3.05, 3.63) is 52.4 Å². The fraction of sp³-hybridized carbons (Fsp3) is 0. The lowest BCUT2D eigenvalue weighted by molar-refractivity contribution is -0.136. The van der Waals surface area contributed by atoms with Crippen molar-refractivity contribution in [2.75, 3.05) is 5.32 Å². The monoisotopic (exact) mass is 325 g/mol. The first-order chi connectivity index (χ1) is 10.1. The standard InChI is InChI=1S/C13H9Cl2N3O3/c14-8-3-4-10(15)11(6-8)17-12(19)13(20)18-16-7-9-2-1-5-21-9/h1-7H,(H,17,19)(H,18,20). The van der Waals surface area contributed by atoms with Crippen molar-refractivity contribution in [2.24, 2.45) is 5.10 Å². The Morgan fingerprint density at radius 2 is 2.00 bits per heavy atom. The van der Waals surface area contributed by atoms with Crippen molar-refractivity contribution in [2.45, 2.75) is 0 Å². The summed E-state index contributed by atoms with van der Waals surface area (Å²) in [5, 5.41) is 6.55. The summed E-state index contributed by atoms with van der Waals surface area (Å²) in [6.45, 7) is 0. The highest BCUT2D eigenvalue weighted by Crippen LogP contribution is 2.25. The van der Waals surface area contributed by atoms with Gasteiger partial charge in [0.1, 0.15) is 5.76 Å². The third-order valence-electron chi connectivity index (χ3n) is 2.28. The van der Waals surface area contributed by atoms with E-state index in [0.717, 1.165) is 0 Å². The van der Waals surface area contributed by atoms with Crippen molar-refractivity contribution >= 4 is 46.9 Å². The van der Waals surface area contributed by atoms with E-state index >= 15 is 0 Å². The van der Waals surface area contributed by atoms with Gasteiger partial charge in [0.25, 0.3) is 0 Å². The molecule has 0 aliphatic heterocycles. The molecule has 0 aliphatic carbocycles. The number of rotatable bonds is 3. The van der Waals surface area contributed by atoms with Crippen LogP contribution in [0.15, 0.2) is 46.1 Å². The molecule has 2 rings (SSSR count). The van der Waals surface area contributed by atoms with Crippen molar-refractivity contribution in [3.63, 3.8) is 0 Å². The first-order valence-electron chi connectivity index (χ1n) is 5.69. The maximum atomic E-state index is 11.6. The van der Waals surface area contributed by atoms with Gasteiger partial charge in [-0.25, -0.2) is 5.43 Å². The number of hydrogen-bond donors (Lipinski definition) is 2. The minimum atomic E-state index is -0.950. The van der Waals surface area contributed by atoms with Crippen LogP contribution in [-0.4, -0.2) is 18.0 Å². The Morgan fingerprint density at radius 1 is 1.19 bits per heavy atom. The largest absolute Gasteiger partial charge is 0.463 e. The van der Waals surface area contributed by atoms with Crippen molar-refractivity contribution < 1.29 is 14.0 Å². The smallest absolute Gasteiger partial charge is 0.329 e. The number of nitrogens with one attached hydrogen (secondary N) is 2. The van der Waals surface area contributed by atoms with E-state index in [-0.39, 0.29) is 10.7 Å². The topological polar surface area (TPSA) is 83.7 Å². The molecule has 21 heavy (non-hydrogen) atoms. The number of nitrogens with zero attached hydrogens (tertiary/aromatic N) is 1. The van der Waals surface area contributed by atoms with E-state index in [9.17, 15) is 9.59 Å². The van der Waals surface area contributed by atoms with Gasteiger partial charge in [0, 0.05) is 5.02 Å². The number of amides is 2. The molecule has 8 heteroatoms. The van der Waals surface area contributed by atoms with Crippen molar-refractivity contribution in [1.29, 1.82) is 0 Å². The minimum absolute atomic E-state index is 0.235. The van der Waals surface area contributed by atoms with Crippen LogP contribution in [0.1, 0.15) is 5.76 Å². The van der Waals surface area contributed by atoms with Crippen LogP contribution in [0, 0.1) is 0 Å². The number of carbonyl (C=O) groups excluding carboxylic acids is 2. The SMILES string of the molecule is O=C(NN=Cc1ccco1)C(=O)Nc1cc(Cl)ccc1Cl. The third-order valence-corrected chi connectivity index (χ3v) is 2.85. The lowest BCUT2D eigenvalue weighted by Crippen LogP contribution is -2.32. The van der Waals surface area contributed by atoms with Gasteiger partial charge < -0.3 is 9.73 Å². The first kappa shape index (κ1) is 15.1.